The van der Waals surface area contributed by atoms with E-state index < -0.39 is 0 Å². The first kappa shape index (κ1) is 12.1. The van der Waals surface area contributed by atoms with Crippen LogP contribution >= 0.6 is 0 Å². The van der Waals surface area contributed by atoms with Gasteiger partial charge in [-0.1, -0.05) is 11.6 Å². The van der Waals surface area contributed by atoms with Crippen LogP contribution in [0.25, 0.3) is 0 Å². The molecule has 0 N–H and O–H groups in total. The summed E-state index contributed by atoms with van der Waals surface area (Å²) in [5.41, 5.74) is 0. The standard InChI is InChI=1S/C13H22N4O/c1-11-8-17-6-3-2-4-12(17)9-16(11)7-5-13-14-10-18-15-13/h10-12H,2-9H2,1H3. The third-order valence-electron chi connectivity index (χ3n) is 4.35. The maximum Gasteiger partial charge on any atom is 0.213 e. The first-order valence-electron chi connectivity index (χ1n) is 7.06. The van der Waals surface area contributed by atoms with Gasteiger partial charge < -0.3 is 4.52 Å². The number of piperazine rings is 1. The average molecular weight is 250 g/mol. The summed E-state index contributed by atoms with van der Waals surface area (Å²) in [6.45, 7) is 7.11. The highest BCUT2D eigenvalue weighted by Crippen LogP contribution is 2.23. The fraction of sp³-hybridized carbons (Fsp3) is 0.846. The predicted molar refractivity (Wildman–Crippen MR) is 68.2 cm³/mol. The number of hydrogen-bond donors (Lipinski definition) is 0. The van der Waals surface area contributed by atoms with Crippen LogP contribution in [0.3, 0.4) is 0 Å². The van der Waals surface area contributed by atoms with E-state index in [-0.39, 0.29) is 0 Å². The summed E-state index contributed by atoms with van der Waals surface area (Å²) >= 11 is 0. The average Bonchev–Trinajstić information content (AvgIpc) is 2.89. The van der Waals surface area contributed by atoms with Crippen molar-refractivity contribution >= 4 is 0 Å². The number of nitrogens with zero attached hydrogens (tertiary/aromatic N) is 4. The van der Waals surface area contributed by atoms with E-state index in [4.69, 9.17) is 4.52 Å². The van der Waals surface area contributed by atoms with Gasteiger partial charge in [-0.3, -0.25) is 9.80 Å². The molecule has 18 heavy (non-hydrogen) atoms. The molecule has 3 heterocycles. The number of aromatic nitrogens is 2. The molecule has 5 nitrogen and oxygen atoms in total. The highest BCUT2D eigenvalue weighted by atomic mass is 16.5. The Morgan fingerprint density at radius 2 is 2.33 bits per heavy atom. The van der Waals surface area contributed by atoms with Crippen molar-refractivity contribution < 1.29 is 4.52 Å². The highest BCUT2D eigenvalue weighted by molar-refractivity contribution is 4.90. The van der Waals surface area contributed by atoms with E-state index in [1.54, 1.807) is 0 Å². The maximum atomic E-state index is 4.78. The highest BCUT2D eigenvalue weighted by Gasteiger charge is 2.32. The lowest BCUT2D eigenvalue weighted by molar-refractivity contribution is 0.0157. The summed E-state index contributed by atoms with van der Waals surface area (Å²) in [7, 11) is 0. The fourth-order valence-electron chi connectivity index (χ4n) is 3.27. The molecule has 1 aromatic rings. The number of hydrogen-bond acceptors (Lipinski definition) is 5. The third kappa shape index (κ3) is 2.57. The lowest BCUT2D eigenvalue weighted by Crippen LogP contribution is -2.58. The van der Waals surface area contributed by atoms with E-state index in [1.807, 2.05) is 0 Å². The van der Waals surface area contributed by atoms with Crippen LogP contribution in [0.5, 0.6) is 0 Å². The first-order chi connectivity index (χ1) is 8.83. The Bertz CT molecular complexity index is 367. The zero-order chi connectivity index (χ0) is 12.4. The summed E-state index contributed by atoms with van der Waals surface area (Å²) in [6.07, 6.45) is 6.46. The van der Waals surface area contributed by atoms with E-state index in [0.29, 0.717) is 6.04 Å². The summed E-state index contributed by atoms with van der Waals surface area (Å²) < 4.78 is 4.78. The van der Waals surface area contributed by atoms with E-state index in [0.717, 1.165) is 24.8 Å². The number of rotatable bonds is 3. The Balaban J connectivity index is 1.55. The van der Waals surface area contributed by atoms with Crippen molar-refractivity contribution in [2.24, 2.45) is 0 Å². The van der Waals surface area contributed by atoms with Crippen LogP contribution in [0, 0.1) is 0 Å². The van der Waals surface area contributed by atoms with Crippen molar-refractivity contribution in [3.05, 3.63) is 12.2 Å². The van der Waals surface area contributed by atoms with Crippen molar-refractivity contribution in [3.63, 3.8) is 0 Å². The maximum absolute atomic E-state index is 4.78. The van der Waals surface area contributed by atoms with Crippen LogP contribution < -0.4 is 0 Å². The molecule has 2 fully saturated rings. The Kier molecular flexibility index (Phi) is 3.61. The van der Waals surface area contributed by atoms with Gasteiger partial charge in [-0.05, 0) is 26.3 Å². The minimum Gasteiger partial charge on any atom is -0.343 e. The minimum absolute atomic E-state index is 0.645. The zero-order valence-corrected chi connectivity index (χ0v) is 11.1. The van der Waals surface area contributed by atoms with E-state index in [1.165, 1.54) is 45.3 Å². The summed E-state index contributed by atoms with van der Waals surface area (Å²) in [6, 6.07) is 1.42. The molecule has 2 aliphatic heterocycles. The molecule has 1 aromatic heterocycles. The molecular formula is C13H22N4O. The molecule has 5 heteroatoms. The Morgan fingerprint density at radius 3 is 3.17 bits per heavy atom. The second-order valence-corrected chi connectivity index (χ2v) is 5.59. The van der Waals surface area contributed by atoms with Crippen molar-refractivity contribution in [3.8, 4) is 0 Å². The van der Waals surface area contributed by atoms with Crippen LogP contribution in [-0.4, -0.2) is 58.2 Å². The van der Waals surface area contributed by atoms with Gasteiger partial charge in [0.05, 0.1) is 0 Å². The van der Waals surface area contributed by atoms with Gasteiger partial charge in [0, 0.05) is 38.1 Å². The quantitative estimate of drug-likeness (QED) is 0.806. The van der Waals surface area contributed by atoms with E-state index in [9.17, 15) is 0 Å². The fourth-order valence-corrected chi connectivity index (χ4v) is 3.27. The van der Waals surface area contributed by atoms with Gasteiger partial charge in [-0.2, -0.15) is 4.98 Å². The monoisotopic (exact) mass is 250 g/mol. The second kappa shape index (κ2) is 5.36. The van der Waals surface area contributed by atoms with Gasteiger partial charge >= 0.3 is 0 Å². The van der Waals surface area contributed by atoms with Crippen LogP contribution in [0.15, 0.2) is 10.9 Å². The van der Waals surface area contributed by atoms with Gasteiger partial charge in [0.25, 0.3) is 0 Å². The number of piperidine rings is 1. The van der Waals surface area contributed by atoms with E-state index in [2.05, 4.69) is 26.9 Å². The van der Waals surface area contributed by atoms with Gasteiger partial charge in [0.15, 0.2) is 5.82 Å². The molecule has 0 saturated carbocycles. The van der Waals surface area contributed by atoms with Crippen molar-refractivity contribution in [2.45, 2.75) is 44.7 Å². The molecule has 3 rings (SSSR count). The molecule has 0 aromatic carbocycles. The molecule has 2 saturated heterocycles. The molecule has 2 atom stereocenters. The topological polar surface area (TPSA) is 45.4 Å². The zero-order valence-electron chi connectivity index (χ0n) is 11.1. The van der Waals surface area contributed by atoms with Gasteiger partial charge in [0.1, 0.15) is 0 Å². The third-order valence-corrected chi connectivity index (χ3v) is 4.35. The lowest BCUT2D eigenvalue weighted by Gasteiger charge is -2.47. The SMILES string of the molecule is CC1CN2CCCCC2CN1CCc1ncon1. The van der Waals surface area contributed by atoms with Gasteiger partial charge in [-0.25, -0.2) is 0 Å². The van der Waals surface area contributed by atoms with E-state index >= 15 is 0 Å². The molecule has 0 aliphatic carbocycles. The van der Waals surface area contributed by atoms with Crippen molar-refractivity contribution in [1.82, 2.24) is 19.9 Å². The summed E-state index contributed by atoms with van der Waals surface area (Å²) in [5, 5.41) is 3.88. The van der Waals surface area contributed by atoms with Crippen LogP contribution in [-0.2, 0) is 6.42 Å². The summed E-state index contributed by atoms with van der Waals surface area (Å²) in [5.74, 6) is 0.827. The molecule has 2 unspecified atom stereocenters. The molecule has 2 aliphatic rings. The van der Waals surface area contributed by atoms with Crippen LogP contribution in [0.4, 0.5) is 0 Å². The molecule has 0 bridgehead atoms. The molecule has 0 amide bonds. The van der Waals surface area contributed by atoms with Gasteiger partial charge in [0.2, 0.25) is 6.39 Å². The molecular weight excluding hydrogens is 228 g/mol. The van der Waals surface area contributed by atoms with Gasteiger partial charge in [-0.15, -0.1) is 0 Å². The molecule has 0 spiro atoms. The second-order valence-electron chi connectivity index (χ2n) is 5.59. The van der Waals surface area contributed by atoms with Crippen LogP contribution in [0.2, 0.25) is 0 Å². The Hall–Kier alpha value is -0.940. The van der Waals surface area contributed by atoms with Crippen molar-refractivity contribution in [2.75, 3.05) is 26.2 Å². The Labute approximate surface area is 108 Å². The van der Waals surface area contributed by atoms with Crippen LogP contribution in [0.1, 0.15) is 32.0 Å². The normalized spacial score (nSPS) is 30.3. The molecule has 100 valence electrons. The lowest BCUT2D eigenvalue weighted by atomic mass is 9.97. The smallest absolute Gasteiger partial charge is 0.213 e. The largest absolute Gasteiger partial charge is 0.343 e. The predicted octanol–water partition coefficient (Wildman–Crippen LogP) is 1.17. The first-order valence-corrected chi connectivity index (χ1v) is 7.06. The minimum atomic E-state index is 0.645. The number of fused-ring (bicyclic) bond motifs is 1. The van der Waals surface area contributed by atoms with Crippen molar-refractivity contribution in [1.29, 1.82) is 0 Å². The summed E-state index contributed by atoms with van der Waals surface area (Å²) in [4.78, 5) is 9.36. The Morgan fingerprint density at radius 1 is 1.39 bits per heavy atom. The molecule has 0 radical (unpaired) electrons.